The highest BCUT2D eigenvalue weighted by Gasteiger charge is 2.70. The lowest BCUT2D eigenvalue weighted by Gasteiger charge is -2.73. The van der Waals surface area contributed by atoms with Crippen molar-refractivity contribution < 1.29 is 31.1 Å². The lowest BCUT2D eigenvalue weighted by Crippen LogP contribution is -3.00. The van der Waals surface area contributed by atoms with Crippen molar-refractivity contribution in [3.8, 4) is 0 Å². The molecular weight excluding hydrogens is 702 g/mol. The molecule has 5 aliphatic carbocycles. The molecule has 5 fully saturated rings. The smallest absolute Gasteiger partial charge is 0.344 e. The Morgan fingerprint density at radius 2 is 1.46 bits per heavy atom. The van der Waals surface area contributed by atoms with Gasteiger partial charge in [-0.2, -0.15) is 0 Å². The molecule has 0 aromatic carbocycles. The van der Waals surface area contributed by atoms with Gasteiger partial charge in [0.25, 0.3) is 0 Å². The second-order valence-electron chi connectivity index (χ2n) is 20.6. The summed E-state index contributed by atoms with van der Waals surface area (Å²) in [6.45, 7) is 25.8. The molecule has 0 unspecified atom stereocenters. The molecule has 5 aliphatic rings. The predicted molar refractivity (Wildman–Crippen MR) is 212 cm³/mol. The van der Waals surface area contributed by atoms with Crippen molar-refractivity contribution >= 4 is 5.97 Å². The fourth-order valence-corrected chi connectivity index (χ4v) is 14.4. The quantitative estimate of drug-likeness (QED) is 0.0815. The van der Waals surface area contributed by atoms with Crippen LogP contribution in [0, 0.1) is 56.7 Å². The standard InChI is InChI=1S/C48H78NO2.BrH/c1-10-11-12-13-14-15-16-17-18-19-32-49-33-20-21-36(34-49)43(50)51-41-26-28-46(7)39(44(41,4)5)25-29-48(9)40(46)23-22-38-42-37(35(2)3)24-27-45(42,6)30-31-47(38,48)8;/h20-21,33-34,37-42H,2,10-19,22-32H2,1,3-9H3;1H/q+1;/p-1/t37-,38-,39-,40+,41-,42-,45+,46-,47+,48+;/m0./s1. The Kier molecular flexibility index (Phi) is 13.3. The van der Waals surface area contributed by atoms with Gasteiger partial charge in [0, 0.05) is 17.9 Å². The van der Waals surface area contributed by atoms with E-state index in [0.29, 0.717) is 33.1 Å². The Morgan fingerprint density at radius 1 is 0.788 bits per heavy atom. The van der Waals surface area contributed by atoms with Gasteiger partial charge in [0.15, 0.2) is 12.4 Å². The maximum absolute atomic E-state index is 13.8. The van der Waals surface area contributed by atoms with Crippen LogP contribution in [-0.4, -0.2) is 12.1 Å². The minimum atomic E-state index is -0.128. The van der Waals surface area contributed by atoms with E-state index in [1.54, 1.807) is 0 Å². The van der Waals surface area contributed by atoms with E-state index in [9.17, 15) is 4.79 Å². The number of hydrogen-bond donors (Lipinski definition) is 0. The average molecular weight is 781 g/mol. The molecular formula is C48H78BrNO2. The summed E-state index contributed by atoms with van der Waals surface area (Å²) in [5.74, 6) is 3.55. The number of pyridine rings is 1. The summed E-state index contributed by atoms with van der Waals surface area (Å²) in [6.07, 6.45) is 30.7. The van der Waals surface area contributed by atoms with Crippen LogP contribution in [0.4, 0.5) is 0 Å². The van der Waals surface area contributed by atoms with E-state index in [0.717, 1.165) is 36.6 Å². The van der Waals surface area contributed by atoms with Crippen molar-refractivity contribution in [3.63, 3.8) is 0 Å². The number of hydrogen-bond acceptors (Lipinski definition) is 2. The third kappa shape index (κ3) is 7.53. The van der Waals surface area contributed by atoms with E-state index in [1.807, 2.05) is 18.3 Å². The van der Waals surface area contributed by atoms with Gasteiger partial charge < -0.3 is 21.7 Å². The predicted octanol–water partition coefficient (Wildman–Crippen LogP) is 10.1. The van der Waals surface area contributed by atoms with Gasteiger partial charge >= 0.3 is 5.97 Å². The molecule has 1 aromatic heterocycles. The minimum absolute atomic E-state index is 0. The van der Waals surface area contributed by atoms with Gasteiger partial charge in [0.1, 0.15) is 18.2 Å². The number of carbonyl (C=O) groups excluding carboxylic acids is 1. The second-order valence-corrected chi connectivity index (χ2v) is 20.6. The zero-order chi connectivity index (χ0) is 36.7. The first-order valence-corrected chi connectivity index (χ1v) is 22.1. The largest absolute Gasteiger partial charge is 1.00 e. The van der Waals surface area contributed by atoms with Gasteiger partial charge in [-0.05, 0) is 135 Å². The van der Waals surface area contributed by atoms with E-state index in [2.05, 4.69) is 72.7 Å². The molecule has 52 heavy (non-hydrogen) atoms. The summed E-state index contributed by atoms with van der Waals surface area (Å²) in [6, 6.07) is 3.99. The van der Waals surface area contributed by atoms with E-state index < -0.39 is 0 Å². The Bertz CT molecular complexity index is 1390. The molecule has 0 saturated heterocycles. The summed E-state index contributed by atoms with van der Waals surface area (Å²) in [4.78, 5) is 13.8. The second kappa shape index (κ2) is 16.5. The number of esters is 1. The van der Waals surface area contributed by atoms with Crippen LogP contribution in [0.2, 0.25) is 0 Å². The Labute approximate surface area is 331 Å². The molecule has 0 radical (unpaired) electrons. The molecule has 0 aliphatic heterocycles. The van der Waals surface area contributed by atoms with E-state index >= 15 is 0 Å². The zero-order valence-corrected chi connectivity index (χ0v) is 36.6. The highest BCUT2D eigenvalue weighted by molar-refractivity contribution is 5.88. The monoisotopic (exact) mass is 780 g/mol. The van der Waals surface area contributed by atoms with Crippen LogP contribution in [0.25, 0.3) is 0 Å². The maximum atomic E-state index is 13.8. The van der Waals surface area contributed by atoms with Crippen LogP contribution in [0.15, 0.2) is 36.7 Å². The Balaban J connectivity index is 0.00000523. The van der Waals surface area contributed by atoms with Gasteiger partial charge in [-0.1, -0.05) is 112 Å². The molecule has 1 aromatic rings. The maximum Gasteiger partial charge on any atom is 0.344 e. The Morgan fingerprint density at radius 3 is 2.13 bits per heavy atom. The van der Waals surface area contributed by atoms with Crippen molar-refractivity contribution in [3.05, 3.63) is 42.2 Å². The van der Waals surface area contributed by atoms with Crippen LogP contribution in [0.1, 0.15) is 194 Å². The van der Waals surface area contributed by atoms with Crippen LogP contribution in [-0.2, 0) is 11.3 Å². The molecule has 1 heterocycles. The summed E-state index contributed by atoms with van der Waals surface area (Å²) in [5.41, 5.74) is 3.69. The SMILES string of the molecule is C=C(C)[C@@H]1CC[C@]2(C)CC[C@]3(C)[C@@H](CC[C@@H]4[C@@]5(C)CC[C@H](OC(=O)c6ccc[n+](CCCCCCCCCCCC)c6)C(C)(C)[C@@H]5CC[C@]43C)[C@H]12.[Br-]. The summed E-state index contributed by atoms with van der Waals surface area (Å²) in [5, 5.41) is 0. The zero-order valence-electron chi connectivity index (χ0n) is 35.0. The van der Waals surface area contributed by atoms with Gasteiger partial charge in [0.05, 0.1) is 0 Å². The number of aryl methyl sites for hydroxylation is 1. The number of halogens is 1. The first kappa shape index (κ1) is 42.0. The molecule has 0 N–H and O–H groups in total. The highest BCUT2D eigenvalue weighted by atomic mass is 79.9. The summed E-state index contributed by atoms with van der Waals surface area (Å²) < 4.78 is 8.76. The Hall–Kier alpha value is -1.16. The number of fused-ring (bicyclic) bond motifs is 7. The van der Waals surface area contributed by atoms with Gasteiger partial charge in [-0.3, -0.25) is 0 Å². The molecule has 5 saturated carbocycles. The van der Waals surface area contributed by atoms with E-state index in [4.69, 9.17) is 4.74 Å². The van der Waals surface area contributed by atoms with Gasteiger partial charge in [0.2, 0.25) is 0 Å². The summed E-state index contributed by atoms with van der Waals surface area (Å²) >= 11 is 0. The number of allylic oxidation sites excluding steroid dienone is 1. The fraction of sp³-hybridized carbons (Fsp3) is 0.833. The average Bonchev–Trinajstić information content (AvgIpc) is 3.45. The lowest BCUT2D eigenvalue weighted by atomic mass is 9.32. The number of unbranched alkanes of at least 4 members (excludes halogenated alkanes) is 9. The first-order chi connectivity index (χ1) is 24.2. The third-order valence-corrected chi connectivity index (χ3v) is 17.5. The topological polar surface area (TPSA) is 30.2 Å². The normalized spacial score (nSPS) is 38.9. The van der Waals surface area contributed by atoms with Crippen LogP contribution < -0.4 is 21.5 Å². The van der Waals surface area contributed by atoms with Crippen molar-refractivity contribution in [2.75, 3.05) is 0 Å². The molecule has 6 rings (SSSR count). The van der Waals surface area contributed by atoms with Gasteiger partial charge in [-0.25, -0.2) is 9.36 Å². The highest BCUT2D eigenvalue weighted by Crippen LogP contribution is 2.77. The summed E-state index contributed by atoms with van der Waals surface area (Å²) in [7, 11) is 0. The van der Waals surface area contributed by atoms with Crippen molar-refractivity contribution in [2.45, 2.75) is 196 Å². The van der Waals surface area contributed by atoms with Gasteiger partial charge in [-0.15, -0.1) is 0 Å². The van der Waals surface area contributed by atoms with E-state index in [1.165, 1.54) is 128 Å². The molecule has 0 amide bonds. The number of ether oxygens (including phenoxy) is 1. The molecule has 294 valence electrons. The number of aromatic nitrogens is 1. The van der Waals surface area contributed by atoms with Crippen molar-refractivity contribution in [2.24, 2.45) is 56.7 Å². The van der Waals surface area contributed by atoms with Crippen molar-refractivity contribution in [1.29, 1.82) is 0 Å². The fourth-order valence-electron chi connectivity index (χ4n) is 14.4. The third-order valence-electron chi connectivity index (χ3n) is 17.5. The lowest BCUT2D eigenvalue weighted by molar-refractivity contribution is -0.697. The van der Waals surface area contributed by atoms with Crippen LogP contribution in [0.3, 0.4) is 0 Å². The van der Waals surface area contributed by atoms with Crippen LogP contribution in [0.5, 0.6) is 0 Å². The van der Waals surface area contributed by atoms with E-state index in [-0.39, 0.29) is 34.5 Å². The molecule has 0 bridgehead atoms. The molecule has 0 spiro atoms. The number of carbonyl (C=O) groups is 1. The molecule has 3 nitrogen and oxygen atoms in total. The minimum Gasteiger partial charge on any atom is -1.00 e. The first-order valence-electron chi connectivity index (χ1n) is 22.1. The number of rotatable bonds is 14. The molecule has 4 heteroatoms. The van der Waals surface area contributed by atoms with Crippen LogP contribution >= 0.6 is 0 Å². The number of nitrogens with zero attached hydrogens (tertiary/aromatic N) is 1. The van der Waals surface area contributed by atoms with Crippen molar-refractivity contribution in [1.82, 2.24) is 0 Å². The molecule has 10 atom stereocenters.